The molecule has 0 atom stereocenters. The average Bonchev–Trinajstić information content (AvgIpc) is 2.41. The maximum atomic E-state index is 13.5. The summed E-state index contributed by atoms with van der Waals surface area (Å²) in [6, 6.07) is 8.23. The Balaban J connectivity index is 2.27. The third-order valence-corrected chi connectivity index (χ3v) is 3.49. The van der Waals surface area contributed by atoms with Gasteiger partial charge in [-0.25, -0.2) is 8.78 Å². The summed E-state index contributed by atoms with van der Waals surface area (Å²) in [6.45, 7) is 0.0353. The molecule has 0 aromatic heterocycles. The lowest BCUT2D eigenvalue weighted by Gasteiger charge is -2.09. The number of halogens is 3. The van der Waals surface area contributed by atoms with Crippen LogP contribution in [0, 0.1) is 25.3 Å². The smallest absolute Gasteiger partial charge is 0.293 e. The van der Waals surface area contributed by atoms with Gasteiger partial charge in [0.25, 0.3) is 5.69 Å². The standard InChI is InChI=1S/C13H9F2IN2O2/c14-9-4-2-1-3-8(9)7-17-12-5-10(15)11(16)6-13(12)18(19)20/h1-6,17H,7H2. The maximum Gasteiger partial charge on any atom is 0.293 e. The summed E-state index contributed by atoms with van der Waals surface area (Å²) in [5.74, 6) is -0.985. The molecule has 7 heteroatoms. The van der Waals surface area contributed by atoms with Crippen molar-refractivity contribution in [2.24, 2.45) is 0 Å². The first-order chi connectivity index (χ1) is 9.49. The first-order valence-electron chi connectivity index (χ1n) is 5.59. The highest BCUT2D eigenvalue weighted by molar-refractivity contribution is 14.1. The highest BCUT2D eigenvalue weighted by Crippen LogP contribution is 2.29. The topological polar surface area (TPSA) is 55.2 Å². The lowest BCUT2D eigenvalue weighted by molar-refractivity contribution is -0.384. The number of hydrogen-bond donors (Lipinski definition) is 1. The fourth-order valence-electron chi connectivity index (χ4n) is 1.66. The van der Waals surface area contributed by atoms with Crippen LogP contribution in [0.5, 0.6) is 0 Å². The molecule has 0 bridgehead atoms. The van der Waals surface area contributed by atoms with E-state index in [0.717, 1.165) is 12.1 Å². The molecule has 0 saturated heterocycles. The second kappa shape index (κ2) is 6.12. The molecule has 1 N–H and O–H groups in total. The molecule has 0 unspecified atom stereocenters. The van der Waals surface area contributed by atoms with Crippen LogP contribution in [-0.4, -0.2) is 4.92 Å². The van der Waals surface area contributed by atoms with Crippen LogP contribution >= 0.6 is 22.6 Å². The van der Waals surface area contributed by atoms with Crippen molar-refractivity contribution in [3.8, 4) is 0 Å². The van der Waals surface area contributed by atoms with Gasteiger partial charge in [0, 0.05) is 24.2 Å². The monoisotopic (exact) mass is 390 g/mol. The van der Waals surface area contributed by atoms with Gasteiger partial charge in [0.05, 0.1) is 8.49 Å². The van der Waals surface area contributed by atoms with Crippen LogP contribution in [0.2, 0.25) is 0 Å². The fourth-order valence-corrected chi connectivity index (χ4v) is 2.11. The van der Waals surface area contributed by atoms with Gasteiger partial charge < -0.3 is 5.32 Å². The number of nitrogens with one attached hydrogen (secondary N) is 1. The van der Waals surface area contributed by atoms with Crippen molar-refractivity contribution in [3.05, 3.63) is 67.3 Å². The Labute approximate surface area is 127 Å². The Bertz CT molecular complexity index is 665. The second-order valence-electron chi connectivity index (χ2n) is 3.99. The van der Waals surface area contributed by atoms with Gasteiger partial charge in [0.1, 0.15) is 17.3 Å². The van der Waals surface area contributed by atoms with Gasteiger partial charge in [-0.2, -0.15) is 0 Å². The van der Waals surface area contributed by atoms with Crippen molar-refractivity contribution < 1.29 is 13.7 Å². The summed E-state index contributed by atoms with van der Waals surface area (Å²) in [5, 5.41) is 13.6. The predicted molar refractivity (Wildman–Crippen MR) is 79.5 cm³/mol. The molecule has 0 saturated carbocycles. The molecule has 0 aliphatic rings. The van der Waals surface area contributed by atoms with Crippen LogP contribution in [0.3, 0.4) is 0 Å². The van der Waals surface area contributed by atoms with E-state index in [1.165, 1.54) is 6.07 Å². The number of rotatable bonds is 4. The molecule has 2 rings (SSSR count). The Hall–Kier alpha value is -1.77. The lowest BCUT2D eigenvalue weighted by Crippen LogP contribution is -2.05. The molecular weight excluding hydrogens is 381 g/mol. The van der Waals surface area contributed by atoms with Crippen molar-refractivity contribution in [1.82, 2.24) is 0 Å². The SMILES string of the molecule is O=[N+]([O-])c1cc(I)c(F)cc1NCc1ccccc1F. The molecule has 0 aliphatic heterocycles. The van der Waals surface area contributed by atoms with Gasteiger partial charge in [0.2, 0.25) is 0 Å². The van der Waals surface area contributed by atoms with Crippen molar-refractivity contribution in [2.45, 2.75) is 6.54 Å². The Morgan fingerprint density at radius 2 is 1.90 bits per heavy atom. The highest BCUT2D eigenvalue weighted by atomic mass is 127. The minimum atomic E-state index is -0.606. The van der Waals surface area contributed by atoms with E-state index >= 15 is 0 Å². The van der Waals surface area contributed by atoms with Crippen LogP contribution in [0.1, 0.15) is 5.56 Å². The number of anilines is 1. The molecule has 0 spiro atoms. The fraction of sp³-hybridized carbons (Fsp3) is 0.0769. The predicted octanol–water partition coefficient (Wildman–Crippen LogP) is 4.09. The number of nitro benzene ring substituents is 1. The third-order valence-electron chi connectivity index (χ3n) is 2.66. The van der Waals surface area contributed by atoms with Crippen LogP contribution in [0.25, 0.3) is 0 Å². The van der Waals surface area contributed by atoms with E-state index in [0.29, 0.717) is 5.56 Å². The van der Waals surface area contributed by atoms with E-state index in [2.05, 4.69) is 5.32 Å². The van der Waals surface area contributed by atoms with Crippen molar-refractivity contribution >= 4 is 34.0 Å². The summed E-state index contributed by atoms with van der Waals surface area (Å²) < 4.78 is 27.1. The van der Waals surface area contributed by atoms with Crippen molar-refractivity contribution in [3.63, 3.8) is 0 Å². The molecule has 20 heavy (non-hydrogen) atoms. The molecule has 0 radical (unpaired) electrons. The van der Waals surface area contributed by atoms with Crippen LogP contribution < -0.4 is 5.32 Å². The molecule has 2 aromatic rings. The molecule has 104 valence electrons. The minimum Gasteiger partial charge on any atom is -0.375 e. The molecule has 0 aliphatic carbocycles. The average molecular weight is 390 g/mol. The second-order valence-corrected chi connectivity index (χ2v) is 5.15. The zero-order chi connectivity index (χ0) is 14.7. The van der Waals surface area contributed by atoms with Gasteiger partial charge in [-0.1, -0.05) is 18.2 Å². The largest absolute Gasteiger partial charge is 0.375 e. The van der Waals surface area contributed by atoms with Gasteiger partial charge in [-0.3, -0.25) is 10.1 Å². The number of hydrogen-bond acceptors (Lipinski definition) is 3. The highest BCUT2D eigenvalue weighted by Gasteiger charge is 2.17. The van der Waals surface area contributed by atoms with Crippen LogP contribution in [0.15, 0.2) is 36.4 Å². The zero-order valence-electron chi connectivity index (χ0n) is 10.1. The van der Waals surface area contributed by atoms with E-state index in [-0.39, 0.29) is 21.5 Å². The van der Waals surface area contributed by atoms with Gasteiger partial charge in [0.15, 0.2) is 0 Å². The van der Waals surface area contributed by atoms with E-state index in [1.807, 2.05) is 0 Å². The summed E-state index contributed by atoms with van der Waals surface area (Å²) in [4.78, 5) is 10.3. The van der Waals surface area contributed by atoms with Crippen LogP contribution in [-0.2, 0) is 6.54 Å². The molecular formula is C13H9F2IN2O2. The van der Waals surface area contributed by atoms with E-state index in [1.54, 1.807) is 40.8 Å². The van der Waals surface area contributed by atoms with E-state index < -0.39 is 16.6 Å². The van der Waals surface area contributed by atoms with Gasteiger partial charge in [-0.05, 0) is 28.7 Å². The molecule has 0 heterocycles. The Kier molecular flexibility index (Phi) is 4.48. The Morgan fingerprint density at radius 1 is 1.20 bits per heavy atom. The van der Waals surface area contributed by atoms with Crippen LogP contribution in [0.4, 0.5) is 20.2 Å². The van der Waals surface area contributed by atoms with Crippen molar-refractivity contribution in [2.75, 3.05) is 5.32 Å². The Morgan fingerprint density at radius 3 is 2.55 bits per heavy atom. The van der Waals surface area contributed by atoms with E-state index in [9.17, 15) is 18.9 Å². The quantitative estimate of drug-likeness (QED) is 0.486. The van der Waals surface area contributed by atoms with Gasteiger partial charge in [-0.15, -0.1) is 0 Å². The normalized spacial score (nSPS) is 10.3. The molecule has 0 fully saturated rings. The zero-order valence-corrected chi connectivity index (χ0v) is 12.2. The maximum absolute atomic E-state index is 13.5. The first kappa shape index (κ1) is 14.6. The van der Waals surface area contributed by atoms with Crippen molar-refractivity contribution in [1.29, 1.82) is 0 Å². The molecule has 0 amide bonds. The number of nitrogens with zero attached hydrogens (tertiary/aromatic N) is 1. The van der Waals surface area contributed by atoms with Gasteiger partial charge >= 0.3 is 0 Å². The number of benzene rings is 2. The third kappa shape index (κ3) is 3.21. The molecule has 2 aromatic carbocycles. The van der Waals surface area contributed by atoms with E-state index in [4.69, 9.17) is 0 Å². The lowest BCUT2D eigenvalue weighted by atomic mass is 10.2. The minimum absolute atomic E-state index is 0.0242. The summed E-state index contributed by atoms with van der Waals surface area (Å²) in [5.41, 5.74) is 0.129. The summed E-state index contributed by atoms with van der Waals surface area (Å²) in [6.07, 6.45) is 0. The first-order valence-corrected chi connectivity index (χ1v) is 6.67. The number of nitro groups is 1. The summed E-state index contributed by atoms with van der Waals surface area (Å²) >= 11 is 1.68. The molecule has 4 nitrogen and oxygen atoms in total. The summed E-state index contributed by atoms with van der Waals surface area (Å²) in [7, 11) is 0.